The van der Waals surface area contributed by atoms with Gasteiger partial charge in [0.2, 0.25) is 0 Å². The molecule has 0 unspecified atom stereocenters. The Labute approximate surface area is 140 Å². The van der Waals surface area contributed by atoms with E-state index < -0.39 is 0 Å². The van der Waals surface area contributed by atoms with Crippen molar-refractivity contribution < 1.29 is 0 Å². The Morgan fingerprint density at radius 1 is 1.23 bits per heavy atom. The average molecular weight is 368 g/mol. The topological polar surface area (TPSA) is 49.6 Å². The summed E-state index contributed by atoms with van der Waals surface area (Å²) in [7, 11) is 0. The van der Waals surface area contributed by atoms with Crippen LogP contribution in [0.2, 0.25) is 0 Å². The van der Waals surface area contributed by atoms with Gasteiger partial charge in [-0.2, -0.15) is 5.26 Å². The van der Waals surface area contributed by atoms with E-state index in [2.05, 4.69) is 32.0 Å². The molecule has 106 valence electrons. The molecule has 3 rings (SSSR count). The molecule has 3 aromatic rings. The first kappa shape index (κ1) is 14.6. The van der Waals surface area contributed by atoms with Crippen molar-refractivity contribution in [3.05, 3.63) is 69.2 Å². The zero-order chi connectivity index (χ0) is 15.4. The highest BCUT2D eigenvalue weighted by Crippen LogP contribution is 2.27. The second-order valence-corrected chi connectivity index (χ2v) is 6.27. The molecule has 0 fully saturated rings. The smallest absolute Gasteiger partial charge is 0.134 e. The minimum absolute atomic E-state index is 0.559. The Bertz CT molecular complexity index is 863. The lowest BCUT2D eigenvalue weighted by molar-refractivity contribution is 1.31. The number of nitriles is 1. The molecule has 0 spiro atoms. The highest BCUT2D eigenvalue weighted by molar-refractivity contribution is 9.10. The highest BCUT2D eigenvalue weighted by atomic mass is 79.9. The Hall–Kier alpha value is -2.29. The first-order valence-corrected chi connectivity index (χ1v) is 8.17. The summed E-state index contributed by atoms with van der Waals surface area (Å²) in [6, 6.07) is 13.9. The largest absolute Gasteiger partial charge is 0.265 e. The van der Waals surface area contributed by atoms with Crippen LogP contribution in [0.25, 0.3) is 22.9 Å². The summed E-state index contributed by atoms with van der Waals surface area (Å²) >= 11 is 4.90. The van der Waals surface area contributed by atoms with Crippen molar-refractivity contribution in [1.29, 1.82) is 5.26 Å². The molecule has 1 aromatic carbocycles. The van der Waals surface area contributed by atoms with Gasteiger partial charge in [-0.25, -0.2) is 4.98 Å². The first-order valence-electron chi connectivity index (χ1n) is 6.50. The van der Waals surface area contributed by atoms with Crippen LogP contribution in [0.15, 0.2) is 58.6 Å². The number of aromatic nitrogens is 2. The number of rotatable bonds is 3. The molecule has 0 saturated heterocycles. The number of benzene rings is 1. The van der Waals surface area contributed by atoms with Gasteiger partial charge >= 0.3 is 0 Å². The average Bonchev–Trinajstić information content (AvgIpc) is 3.03. The predicted molar refractivity (Wildman–Crippen MR) is 93.0 cm³/mol. The molecule has 3 nitrogen and oxygen atoms in total. The molecule has 0 aliphatic rings. The van der Waals surface area contributed by atoms with Crippen LogP contribution in [0.5, 0.6) is 0 Å². The molecule has 0 atom stereocenters. The second-order valence-electron chi connectivity index (χ2n) is 4.50. The van der Waals surface area contributed by atoms with Crippen molar-refractivity contribution in [3.63, 3.8) is 0 Å². The Morgan fingerprint density at radius 2 is 2.05 bits per heavy atom. The maximum absolute atomic E-state index is 9.42. The number of hydrogen-bond acceptors (Lipinski definition) is 4. The fourth-order valence-corrected chi connectivity index (χ4v) is 3.17. The maximum atomic E-state index is 9.42. The zero-order valence-corrected chi connectivity index (χ0v) is 13.8. The summed E-state index contributed by atoms with van der Waals surface area (Å²) in [6.45, 7) is 0. The van der Waals surface area contributed by atoms with Crippen molar-refractivity contribution in [2.45, 2.75) is 0 Å². The van der Waals surface area contributed by atoms with Gasteiger partial charge in [-0.3, -0.25) is 4.98 Å². The van der Waals surface area contributed by atoms with Gasteiger partial charge in [0.25, 0.3) is 0 Å². The molecule has 0 saturated carbocycles. The van der Waals surface area contributed by atoms with E-state index in [4.69, 9.17) is 0 Å². The van der Waals surface area contributed by atoms with Gasteiger partial charge in [-0.15, -0.1) is 11.3 Å². The minimum Gasteiger partial charge on any atom is -0.265 e. The number of pyridine rings is 1. The van der Waals surface area contributed by atoms with Crippen LogP contribution in [-0.2, 0) is 0 Å². The van der Waals surface area contributed by atoms with Crippen molar-refractivity contribution in [2.24, 2.45) is 0 Å². The van der Waals surface area contributed by atoms with Crippen LogP contribution in [0, 0.1) is 11.3 Å². The quantitative estimate of drug-likeness (QED) is 0.609. The molecule has 0 N–H and O–H groups in total. The molecule has 0 bridgehead atoms. The number of nitrogens with zero attached hydrogens (tertiary/aromatic N) is 3. The van der Waals surface area contributed by atoms with Gasteiger partial charge in [-0.05, 0) is 35.9 Å². The third kappa shape index (κ3) is 3.30. The van der Waals surface area contributed by atoms with Crippen LogP contribution in [0.3, 0.4) is 0 Å². The van der Waals surface area contributed by atoms with Crippen molar-refractivity contribution in [1.82, 2.24) is 9.97 Å². The molecule has 5 heteroatoms. The number of allylic oxidation sites excluding steroid dienone is 1. The SMILES string of the molecule is N#C/C(=C/c1cccc(Br)c1)c1nc(-c2ccncc2)cs1. The van der Waals surface area contributed by atoms with E-state index in [1.807, 2.05) is 47.9 Å². The van der Waals surface area contributed by atoms with Gasteiger partial charge < -0.3 is 0 Å². The monoisotopic (exact) mass is 367 g/mol. The summed E-state index contributed by atoms with van der Waals surface area (Å²) in [5, 5.41) is 12.1. The van der Waals surface area contributed by atoms with Gasteiger partial charge in [-0.1, -0.05) is 28.1 Å². The summed E-state index contributed by atoms with van der Waals surface area (Å²) in [6.07, 6.45) is 5.31. The molecule has 2 aromatic heterocycles. The van der Waals surface area contributed by atoms with Crippen LogP contribution >= 0.6 is 27.3 Å². The number of thiazole rings is 1. The standard InChI is InChI=1S/C17H10BrN3S/c18-15-3-1-2-12(9-15)8-14(10-19)17-21-16(11-22-17)13-4-6-20-7-5-13/h1-9,11H/b14-8-. The molecule has 0 amide bonds. The molecular formula is C17H10BrN3S. The van der Waals surface area contributed by atoms with Gasteiger partial charge in [0.1, 0.15) is 11.1 Å². The number of halogens is 1. The number of hydrogen-bond donors (Lipinski definition) is 0. The van der Waals surface area contributed by atoms with E-state index in [0.29, 0.717) is 10.6 Å². The first-order chi connectivity index (χ1) is 10.8. The van der Waals surface area contributed by atoms with E-state index >= 15 is 0 Å². The van der Waals surface area contributed by atoms with Crippen molar-refractivity contribution in [2.75, 3.05) is 0 Å². The molecule has 22 heavy (non-hydrogen) atoms. The van der Waals surface area contributed by atoms with Crippen LogP contribution < -0.4 is 0 Å². The van der Waals surface area contributed by atoms with Gasteiger partial charge in [0.15, 0.2) is 0 Å². The summed E-state index contributed by atoms with van der Waals surface area (Å²) in [5.74, 6) is 0. The lowest BCUT2D eigenvalue weighted by atomic mass is 10.1. The van der Waals surface area contributed by atoms with E-state index in [-0.39, 0.29) is 0 Å². The molecule has 0 aliphatic heterocycles. The maximum Gasteiger partial charge on any atom is 0.134 e. The van der Waals surface area contributed by atoms with Crippen LogP contribution in [0.1, 0.15) is 10.6 Å². The lowest BCUT2D eigenvalue weighted by Gasteiger charge is -1.97. The van der Waals surface area contributed by atoms with Crippen molar-refractivity contribution in [3.8, 4) is 17.3 Å². The Morgan fingerprint density at radius 3 is 2.77 bits per heavy atom. The summed E-state index contributed by atoms with van der Waals surface area (Å²) in [5.41, 5.74) is 3.38. The van der Waals surface area contributed by atoms with E-state index in [9.17, 15) is 5.26 Å². The van der Waals surface area contributed by atoms with Crippen LogP contribution in [0.4, 0.5) is 0 Å². The van der Waals surface area contributed by atoms with E-state index in [1.165, 1.54) is 11.3 Å². The Kier molecular flexibility index (Phi) is 4.42. The van der Waals surface area contributed by atoms with E-state index in [1.54, 1.807) is 12.4 Å². The van der Waals surface area contributed by atoms with Crippen molar-refractivity contribution >= 4 is 38.9 Å². The fraction of sp³-hybridized carbons (Fsp3) is 0. The molecule has 0 radical (unpaired) electrons. The molecule has 0 aliphatic carbocycles. The summed E-state index contributed by atoms with van der Waals surface area (Å²) < 4.78 is 0.982. The fourth-order valence-electron chi connectivity index (χ4n) is 1.96. The Balaban J connectivity index is 1.96. The normalized spacial score (nSPS) is 11.2. The highest BCUT2D eigenvalue weighted by Gasteiger charge is 2.09. The third-order valence-electron chi connectivity index (χ3n) is 2.99. The lowest BCUT2D eigenvalue weighted by Crippen LogP contribution is -1.83. The predicted octanol–water partition coefficient (Wildman–Crippen LogP) is 5.03. The van der Waals surface area contributed by atoms with E-state index in [0.717, 1.165) is 21.3 Å². The third-order valence-corrected chi connectivity index (χ3v) is 4.36. The summed E-state index contributed by atoms with van der Waals surface area (Å²) in [4.78, 5) is 8.56. The van der Waals surface area contributed by atoms with Crippen LogP contribution in [-0.4, -0.2) is 9.97 Å². The van der Waals surface area contributed by atoms with Gasteiger partial charge in [0.05, 0.1) is 11.3 Å². The van der Waals surface area contributed by atoms with Gasteiger partial charge in [0, 0.05) is 27.8 Å². The second kappa shape index (κ2) is 6.65. The molecule has 2 heterocycles. The minimum atomic E-state index is 0.559. The zero-order valence-electron chi connectivity index (χ0n) is 11.4. The molecular weight excluding hydrogens is 358 g/mol.